The van der Waals surface area contributed by atoms with Gasteiger partial charge >= 0.3 is 0 Å². The molecular weight excluding hydrogens is 370 g/mol. The van der Waals surface area contributed by atoms with Gasteiger partial charge in [0.2, 0.25) is 5.91 Å². The molecule has 5 rings (SSSR count). The number of hydrogen-bond donors (Lipinski definition) is 1. The number of nitrogens with one attached hydrogen (secondary N) is 1. The molecule has 1 aliphatic heterocycles. The Morgan fingerprint density at radius 3 is 2.75 bits per heavy atom. The van der Waals surface area contributed by atoms with Crippen molar-refractivity contribution in [3.05, 3.63) is 16.8 Å². The normalized spacial score (nSPS) is 24.2. The molecule has 3 aliphatic rings. The van der Waals surface area contributed by atoms with Gasteiger partial charge in [0.05, 0.1) is 11.4 Å². The van der Waals surface area contributed by atoms with Gasteiger partial charge in [-0.05, 0) is 50.5 Å². The van der Waals surface area contributed by atoms with Gasteiger partial charge in [0.1, 0.15) is 17.0 Å². The molecule has 2 atom stereocenters. The van der Waals surface area contributed by atoms with Crippen molar-refractivity contribution in [2.45, 2.75) is 58.0 Å². The number of carbonyl (C=O) groups excluding carboxylic acids is 1. The van der Waals surface area contributed by atoms with Crippen LogP contribution in [0.15, 0.2) is 6.33 Å². The van der Waals surface area contributed by atoms with Crippen molar-refractivity contribution in [1.29, 1.82) is 0 Å². The lowest BCUT2D eigenvalue weighted by molar-refractivity contribution is -0.126. The molecule has 150 valence electrons. The summed E-state index contributed by atoms with van der Waals surface area (Å²) < 4.78 is 0. The second kappa shape index (κ2) is 7.26. The van der Waals surface area contributed by atoms with Crippen LogP contribution in [-0.2, 0) is 17.6 Å². The maximum Gasteiger partial charge on any atom is 0.237 e. The Morgan fingerprint density at radius 2 is 2.00 bits per heavy atom. The van der Waals surface area contributed by atoms with Crippen LogP contribution in [0.1, 0.15) is 43.6 Å². The Bertz CT molecular complexity index is 884. The number of nitrogens with zero attached hydrogens (tertiary/aromatic N) is 4. The van der Waals surface area contributed by atoms with Gasteiger partial charge in [0.25, 0.3) is 0 Å². The van der Waals surface area contributed by atoms with Gasteiger partial charge in [0.15, 0.2) is 0 Å². The van der Waals surface area contributed by atoms with Crippen LogP contribution in [0.25, 0.3) is 10.2 Å². The van der Waals surface area contributed by atoms with Crippen molar-refractivity contribution < 1.29 is 4.79 Å². The summed E-state index contributed by atoms with van der Waals surface area (Å²) in [5.41, 5.74) is 1.49. The van der Waals surface area contributed by atoms with E-state index in [9.17, 15) is 4.79 Å². The number of aryl methyl sites for hydroxylation is 1. The van der Waals surface area contributed by atoms with Crippen LogP contribution < -0.4 is 10.2 Å². The maximum atomic E-state index is 12.4. The highest BCUT2D eigenvalue weighted by Crippen LogP contribution is 2.40. The fourth-order valence-corrected chi connectivity index (χ4v) is 5.88. The molecule has 0 spiro atoms. The van der Waals surface area contributed by atoms with Crippen LogP contribution in [0.2, 0.25) is 0 Å². The summed E-state index contributed by atoms with van der Waals surface area (Å²) in [6.45, 7) is 8.00. The summed E-state index contributed by atoms with van der Waals surface area (Å²) in [5.74, 6) is 2.05. The Labute approximate surface area is 170 Å². The van der Waals surface area contributed by atoms with E-state index < -0.39 is 0 Å². The third kappa shape index (κ3) is 3.39. The van der Waals surface area contributed by atoms with E-state index in [2.05, 4.69) is 27.0 Å². The summed E-state index contributed by atoms with van der Waals surface area (Å²) in [6, 6.07) is 0.376. The van der Waals surface area contributed by atoms with Gasteiger partial charge in [-0.2, -0.15) is 0 Å². The molecule has 7 heteroatoms. The Morgan fingerprint density at radius 1 is 1.21 bits per heavy atom. The van der Waals surface area contributed by atoms with Crippen molar-refractivity contribution in [1.82, 2.24) is 20.2 Å². The number of fused-ring (bicyclic) bond motifs is 3. The molecule has 1 saturated heterocycles. The van der Waals surface area contributed by atoms with Crippen molar-refractivity contribution in [2.75, 3.05) is 31.1 Å². The Balaban J connectivity index is 1.32. The Hall–Kier alpha value is -1.73. The lowest BCUT2D eigenvalue weighted by Crippen LogP contribution is -2.54. The minimum absolute atomic E-state index is 0.0523. The molecule has 2 aliphatic carbocycles. The van der Waals surface area contributed by atoms with Crippen LogP contribution in [0.3, 0.4) is 0 Å². The highest BCUT2D eigenvalue weighted by molar-refractivity contribution is 7.19. The number of carbonyl (C=O) groups is 1. The van der Waals surface area contributed by atoms with Gasteiger partial charge in [-0.25, -0.2) is 9.97 Å². The van der Waals surface area contributed by atoms with E-state index in [4.69, 9.17) is 4.98 Å². The zero-order chi connectivity index (χ0) is 19.3. The topological polar surface area (TPSA) is 61.4 Å². The third-order valence-corrected chi connectivity index (χ3v) is 7.70. The SMILES string of the molecule is C[C@H]1CCc2c(sc3ncnc(N4CCN([C@H](C)C(=O)NC5CC5)CC4)c23)C1. The van der Waals surface area contributed by atoms with Crippen molar-refractivity contribution in [3.8, 4) is 0 Å². The van der Waals surface area contributed by atoms with E-state index in [0.29, 0.717) is 6.04 Å². The summed E-state index contributed by atoms with van der Waals surface area (Å²) in [5, 5.41) is 4.43. The number of piperazine rings is 1. The summed E-state index contributed by atoms with van der Waals surface area (Å²) in [4.78, 5) is 29.0. The second-order valence-electron chi connectivity index (χ2n) is 8.71. The number of amides is 1. The Kier molecular flexibility index (Phi) is 4.75. The first-order valence-corrected chi connectivity index (χ1v) is 11.5. The van der Waals surface area contributed by atoms with E-state index in [0.717, 1.165) is 62.0 Å². The average molecular weight is 400 g/mol. The number of thiophene rings is 1. The molecule has 2 aromatic rings. The predicted octanol–water partition coefficient (Wildman–Crippen LogP) is 2.61. The standard InChI is InChI=1S/C21H29N5OS/c1-13-3-6-16-17(11-13)28-21-18(16)19(22-12-23-21)26-9-7-25(8-10-26)14(2)20(27)24-15-4-5-15/h12-15H,3-11H2,1-2H3,(H,24,27)/t13-,14+/m0/s1. The second-order valence-corrected chi connectivity index (χ2v) is 9.79. The molecule has 2 fully saturated rings. The van der Waals surface area contributed by atoms with Gasteiger partial charge in [0, 0.05) is 37.1 Å². The summed E-state index contributed by atoms with van der Waals surface area (Å²) in [6.07, 6.45) is 7.58. The van der Waals surface area contributed by atoms with Crippen LogP contribution in [0.4, 0.5) is 5.82 Å². The van der Waals surface area contributed by atoms with Crippen molar-refractivity contribution in [2.24, 2.45) is 5.92 Å². The first-order chi connectivity index (χ1) is 13.6. The number of anilines is 1. The van der Waals surface area contributed by atoms with Crippen LogP contribution in [0.5, 0.6) is 0 Å². The van der Waals surface area contributed by atoms with E-state index in [-0.39, 0.29) is 11.9 Å². The zero-order valence-corrected chi connectivity index (χ0v) is 17.6. The van der Waals surface area contributed by atoms with Gasteiger partial charge in [-0.3, -0.25) is 9.69 Å². The van der Waals surface area contributed by atoms with Gasteiger partial charge in [-0.1, -0.05) is 6.92 Å². The minimum Gasteiger partial charge on any atom is -0.353 e. The fraction of sp³-hybridized carbons (Fsp3) is 0.667. The van der Waals surface area contributed by atoms with E-state index in [1.54, 1.807) is 6.33 Å². The molecule has 6 nitrogen and oxygen atoms in total. The molecule has 2 aromatic heterocycles. The molecule has 1 saturated carbocycles. The van der Waals surface area contributed by atoms with E-state index >= 15 is 0 Å². The quantitative estimate of drug-likeness (QED) is 0.856. The molecule has 28 heavy (non-hydrogen) atoms. The van der Waals surface area contributed by atoms with Gasteiger partial charge in [-0.15, -0.1) is 11.3 Å². The highest BCUT2D eigenvalue weighted by Gasteiger charge is 2.31. The molecule has 0 radical (unpaired) electrons. The van der Waals surface area contributed by atoms with Crippen LogP contribution >= 0.6 is 11.3 Å². The number of aromatic nitrogens is 2. The average Bonchev–Trinajstić information content (AvgIpc) is 3.44. The molecule has 1 N–H and O–H groups in total. The summed E-state index contributed by atoms with van der Waals surface area (Å²) >= 11 is 1.86. The number of rotatable bonds is 4. The summed E-state index contributed by atoms with van der Waals surface area (Å²) in [7, 11) is 0. The maximum absolute atomic E-state index is 12.4. The van der Waals surface area contributed by atoms with E-state index in [1.165, 1.54) is 28.7 Å². The first-order valence-electron chi connectivity index (χ1n) is 10.6. The van der Waals surface area contributed by atoms with Crippen LogP contribution in [0, 0.1) is 5.92 Å². The third-order valence-electron chi connectivity index (χ3n) is 6.54. The molecule has 1 amide bonds. The molecule has 0 unspecified atom stereocenters. The first kappa shape index (κ1) is 18.3. The predicted molar refractivity (Wildman–Crippen MR) is 113 cm³/mol. The monoisotopic (exact) mass is 399 g/mol. The lowest BCUT2D eigenvalue weighted by atomic mass is 9.89. The molecule has 0 aromatic carbocycles. The van der Waals surface area contributed by atoms with Gasteiger partial charge < -0.3 is 10.2 Å². The van der Waals surface area contributed by atoms with E-state index in [1.807, 2.05) is 18.3 Å². The molecule has 3 heterocycles. The largest absolute Gasteiger partial charge is 0.353 e. The highest BCUT2D eigenvalue weighted by atomic mass is 32.1. The van der Waals surface area contributed by atoms with Crippen molar-refractivity contribution >= 4 is 33.3 Å². The zero-order valence-electron chi connectivity index (χ0n) is 16.8. The fourth-order valence-electron chi connectivity index (χ4n) is 4.53. The van der Waals surface area contributed by atoms with Crippen molar-refractivity contribution in [3.63, 3.8) is 0 Å². The molecule has 0 bridgehead atoms. The lowest BCUT2D eigenvalue weighted by Gasteiger charge is -2.38. The number of hydrogen-bond acceptors (Lipinski definition) is 6. The van der Waals surface area contributed by atoms with Crippen LogP contribution in [-0.4, -0.2) is 59.0 Å². The minimum atomic E-state index is -0.0523. The molecular formula is C21H29N5OS. The smallest absolute Gasteiger partial charge is 0.237 e.